The molecule has 0 aliphatic heterocycles. The highest BCUT2D eigenvalue weighted by molar-refractivity contribution is 9.10. The summed E-state index contributed by atoms with van der Waals surface area (Å²) in [5.74, 6) is 0.541. The quantitative estimate of drug-likeness (QED) is 0.461. The van der Waals surface area contributed by atoms with Crippen LogP contribution in [0.25, 0.3) is 10.8 Å². The Balaban J connectivity index is 1.57. The molecule has 3 aromatic rings. The molecule has 0 radical (unpaired) electrons. The molecule has 0 aromatic heterocycles. The normalized spacial score (nSPS) is 10.9. The van der Waals surface area contributed by atoms with Crippen molar-refractivity contribution in [1.82, 2.24) is 5.43 Å². The maximum absolute atomic E-state index is 11.9. The Kier molecular flexibility index (Phi) is 5.93. The van der Waals surface area contributed by atoms with Gasteiger partial charge in [0.05, 0.1) is 17.8 Å². The fourth-order valence-electron chi connectivity index (χ4n) is 2.47. The van der Waals surface area contributed by atoms with Gasteiger partial charge in [0, 0.05) is 0 Å². The van der Waals surface area contributed by atoms with Crippen molar-refractivity contribution in [3.8, 4) is 17.2 Å². The number of aromatic hydroxyl groups is 1. The first-order chi connectivity index (χ1) is 13.1. The maximum atomic E-state index is 11.9. The molecule has 138 valence electrons. The summed E-state index contributed by atoms with van der Waals surface area (Å²) in [4.78, 5) is 11.9. The summed E-state index contributed by atoms with van der Waals surface area (Å²) in [5, 5.41) is 15.7. The highest BCUT2D eigenvalue weighted by Crippen LogP contribution is 2.33. The zero-order chi connectivity index (χ0) is 19.2. The van der Waals surface area contributed by atoms with Crippen molar-refractivity contribution >= 4 is 38.8 Å². The highest BCUT2D eigenvalue weighted by atomic mass is 79.9. The standard InChI is InChI=1S/C20H17BrN2O4/c1-26-17-8-6-13(10-16(17)24)11-22-23-19(25)12-27-18-9-7-14-4-2-3-5-15(14)20(18)21/h2-11,24H,12H2,1H3,(H,23,25)/b22-11+. The number of phenols is 1. The minimum Gasteiger partial charge on any atom is -0.504 e. The Morgan fingerprint density at radius 2 is 1.96 bits per heavy atom. The Hall–Kier alpha value is -3.06. The largest absolute Gasteiger partial charge is 0.504 e. The lowest BCUT2D eigenvalue weighted by Gasteiger charge is -2.09. The summed E-state index contributed by atoms with van der Waals surface area (Å²) in [6, 6.07) is 16.4. The van der Waals surface area contributed by atoms with Crippen molar-refractivity contribution in [1.29, 1.82) is 0 Å². The maximum Gasteiger partial charge on any atom is 0.277 e. The van der Waals surface area contributed by atoms with Crippen molar-refractivity contribution in [2.24, 2.45) is 5.10 Å². The topological polar surface area (TPSA) is 80.2 Å². The van der Waals surface area contributed by atoms with E-state index in [0.29, 0.717) is 17.1 Å². The van der Waals surface area contributed by atoms with Crippen LogP contribution in [0.15, 0.2) is 64.2 Å². The van der Waals surface area contributed by atoms with Crippen LogP contribution in [0.3, 0.4) is 0 Å². The smallest absolute Gasteiger partial charge is 0.277 e. The first-order valence-electron chi connectivity index (χ1n) is 8.07. The summed E-state index contributed by atoms with van der Waals surface area (Å²) < 4.78 is 11.3. The van der Waals surface area contributed by atoms with Crippen molar-refractivity contribution in [3.63, 3.8) is 0 Å². The zero-order valence-electron chi connectivity index (χ0n) is 14.5. The van der Waals surface area contributed by atoms with Crippen LogP contribution < -0.4 is 14.9 Å². The third-order valence-corrected chi connectivity index (χ3v) is 4.61. The lowest BCUT2D eigenvalue weighted by atomic mass is 10.1. The Labute approximate surface area is 164 Å². The molecular formula is C20H17BrN2O4. The van der Waals surface area contributed by atoms with Crippen LogP contribution in [0.5, 0.6) is 17.2 Å². The molecule has 0 saturated carbocycles. The van der Waals surface area contributed by atoms with Crippen LogP contribution in [-0.4, -0.2) is 30.9 Å². The van der Waals surface area contributed by atoms with Gasteiger partial charge in [0.2, 0.25) is 0 Å². The number of amides is 1. The molecule has 1 amide bonds. The summed E-state index contributed by atoms with van der Waals surface area (Å²) >= 11 is 3.51. The molecule has 0 unspecified atom stereocenters. The van der Waals surface area contributed by atoms with Gasteiger partial charge in [0.1, 0.15) is 5.75 Å². The van der Waals surface area contributed by atoms with E-state index in [0.717, 1.165) is 15.2 Å². The predicted molar refractivity (Wildman–Crippen MR) is 108 cm³/mol. The van der Waals surface area contributed by atoms with Gasteiger partial charge in [0.15, 0.2) is 18.1 Å². The van der Waals surface area contributed by atoms with Gasteiger partial charge in [0.25, 0.3) is 5.91 Å². The van der Waals surface area contributed by atoms with Gasteiger partial charge in [-0.15, -0.1) is 0 Å². The molecule has 3 rings (SSSR count). The molecule has 0 atom stereocenters. The molecule has 2 N–H and O–H groups in total. The van der Waals surface area contributed by atoms with E-state index in [1.54, 1.807) is 12.1 Å². The molecule has 0 bridgehead atoms. The van der Waals surface area contributed by atoms with Crippen molar-refractivity contribution in [2.45, 2.75) is 0 Å². The van der Waals surface area contributed by atoms with E-state index < -0.39 is 5.91 Å². The van der Waals surface area contributed by atoms with Gasteiger partial charge in [-0.3, -0.25) is 4.79 Å². The Bertz CT molecular complexity index is 1000. The number of hydrazone groups is 1. The number of phenolic OH excluding ortho intramolecular Hbond substituents is 1. The molecule has 7 heteroatoms. The van der Waals surface area contributed by atoms with Crippen LogP contribution in [-0.2, 0) is 4.79 Å². The second-order valence-corrected chi connectivity index (χ2v) is 6.40. The van der Waals surface area contributed by atoms with Crippen LogP contribution in [0.2, 0.25) is 0 Å². The first kappa shape index (κ1) is 18.7. The molecule has 0 aliphatic carbocycles. The van der Waals surface area contributed by atoms with E-state index in [1.165, 1.54) is 19.4 Å². The average Bonchev–Trinajstić information content (AvgIpc) is 2.68. The van der Waals surface area contributed by atoms with E-state index in [-0.39, 0.29) is 12.4 Å². The molecule has 3 aromatic carbocycles. The van der Waals surface area contributed by atoms with Crippen molar-refractivity contribution in [3.05, 3.63) is 64.6 Å². The number of ether oxygens (including phenoxy) is 2. The number of fused-ring (bicyclic) bond motifs is 1. The molecule has 0 saturated heterocycles. The van der Waals surface area contributed by atoms with Crippen molar-refractivity contribution < 1.29 is 19.4 Å². The second kappa shape index (κ2) is 8.55. The number of hydrogen-bond acceptors (Lipinski definition) is 5. The fourth-order valence-corrected chi connectivity index (χ4v) is 3.07. The molecule has 27 heavy (non-hydrogen) atoms. The zero-order valence-corrected chi connectivity index (χ0v) is 16.1. The van der Waals surface area contributed by atoms with E-state index in [4.69, 9.17) is 9.47 Å². The van der Waals surface area contributed by atoms with Gasteiger partial charge >= 0.3 is 0 Å². The summed E-state index contributed by atoms with van der Waals surface area (Å²) in [6.07, 6.45) is 1.42. The first-order valence-corrected chi connectivity index (χ1v) is 8.86. The molecular weight excluding hydrogens is 412 g/mol. The Morgan fingerprint density at radius 3 is 2.74 bits per heavy atom. The third kappa shape index (κ3) is 4.57. The number of carbonyl (C=O) groups excluding carboxylic acids is 1. The van der Waals surface area contributed by atoms with Crippen LogP contribution in [0.1, 0.15) is 5.56 Å². The number of benzene rings is 3. The third-order valence-electron chi connectivity index (χ3n) is 3.79. The number of hydrogen-bond donors (Lipinski definition) is 2. The minimum atomic E-state index is -0.399. The van der Waals surface area contributed by atoms with Gasteiger partial charge in [-0.1, -0.05) is 30.3 Å². The van der Waals surface area contributed by atoms with Crippen LogP contribution in [0, 0.1) is 0 Å². The van der Waals surface area contributed by atoms with Gasteiger partial charge < -0.3 is 14.6 Å². The van der Waals surface area contributed by atoms with Crippen LogP contribution >= 0.6 is 15.9 Å². The number of nitrogens with zero attached hydrogens (tertiary/aromatic N) is 1. The van der Waals surface area contributed by atoms with E-state index in [2.05, 4.69) is 26.5 Å². The summed E-state index contributed by atoms with van der Waals surface area (Å²) in [7, 11) is 1.47. The SMILES string of the molecule is COc1ccc(/C=N/NC(=O)COc2ccc3ccccc3c2Br)cc1O. The Morgan fingerprint density at radius 1 is 1.19 bits per heavy atom. The number of halogens is 1. The predicted octanol–water partition coefficient (Wildman–Crippen LogP) is 3.85. The molecule has 0 aliphatic rings. The number of rotatable bonds is 6. The lowest BCUT2D eigenvalue weighted by molar-refractivity contribution is -0.123. The lowest BCUT2D eigenvalue weighted by Crippen LogP contribution is -2.24. The van der Waals surface area contributed by atoms with Gasteiger partial charge in [-0.05, 0) is 56.5 Å². The fraction of sp³-hybridized carbons (Fsp3) is 0.100. The molecule has 0 fully saturated rings. The highest BCUT2D eigenvalue weighted by Gasteiger charge is 2.08. The number of carbonyl (C=O) groups is 1. The summed E-state index contributed by atoms with van der Waals surface area (Å²) in [5.41, 5.74) is 3.00. The van der Waals surface area contributed by atoms with Crippen molar-refractivity contribution in [2.75, 3.05) is 13.7 Å². The monoisotopic (exact) mass is 428 g/mol. The van der Waals surface area contributed by atoms with Gasteiger partial charge in [-0.25, -0.2) is 5.43 Å². The second-order valence-electron chi connectivity index (χ2n) is 5.61. The number of methoxy groups -OCH3 is 1. The summed E-state index contributed by atoms with van der Waals surface area (Å²) in [6.45, 7) is -0.178. The van der Waals surface area contributed by atoms with E-state index >= 15 is 0 Å². The molecule has 0 heterocycles. The minimum absolute atomic E-state index is 0.00253. The molecule has 0 spiro atoms. The average molecular weight is 429 g/mol. The van der Waals surface area contributed by atoms with E-state index in [1.807, 2.05) is 36.4 Å². The van der Waals surface area contributed by atoms with E-state index in [9.17, 15) is 9.90 Å². The number of nitrogens with one attached hydrogen (secondary N) is 1. The van der Waals surface area contributed by atoms with Crippen LogP contribution in [0.4, 0.5) is 0 Å². The van der Waals surface area contributed by atoms with Gasteiger partial charge in [-0.2, -0.15) is 5.10 Å². The molecule has 6 nitrogen and oxygen atoms in total.